The molecule has 1 fully saturated rings. The van der Waals surface area contributed by atoms with E-state index >= 15 is 0 Å². The van der Waals surface area contributed by atoms with Crippen LogP contribution in [-0.4, -0.2) is 25.1 Å². The number of hydrogen-bond acceptors (Lipinski definition) is 6. The lowest BCUT2D eigenvalue weighted by molar-refractivity contribution is -0.385. The van der Waals surface area contributed by atoms with Gasteiger partial charge in [0.15, 0.2) is 0 Å². The van der Waals surface area contributed by atoms with Crippen molar-refractivity contribution in [3.8, 4) is 0 Å². The zero-order valence-corrected chi connectivity index (χ0v) is 14.5. The maximum atomic E-state index is 13.2. The summed E-state index contributed by atoms with van der Waals surface area (Å²) in [4.78, 5) is 10.2. The number of nitro groups is 1. The first-order valence-electron chi connectivity index (χ1n) is 8.11. The predicted molar refractivity (Wildman–Crippen MR) is 87.6 cm³/mol. The summed E-state index contributed by atoms with van der Waals surface area (Å²) in [5, 5.41) is 22.8. The van der Waals surface area contributed by atoms with Crippen molar-refractivity contribution >= 4 is 17.4 Å². The molecule has 7 nitrogen and oxygen atoms in total. The molecule has 0 amide bonds. The van der Waals surface area contributed by atoms with Crippen LogP contribution in [0, 0.1) is 10.1 Å². The highest BCUT2D eigenvalue weighted by atomic mass is 32.2. The van der Waals surface area contributed by atoms with E-state index < -0.39 is 16.7 Å². The Labute approximate surface area is 151 Å². The predicted octanol–water partition coefficient (Wildman–Crippen LogP) is 4.40. The molecular weight excluding hydrogens is 371 g/mol. The van der Waals surface area contributed by atoms with Gasteiger partial charge in [0, 0.05) is 17.9 Å². The molecule has 0 atom stereocenters. The summed E-state index contributed by atoms with van der Waals surface area (Å²) >= 11 is 1.06. The van der Waals surface area contributed by atoms with Crippen LogP contribution in [0.4, 0.5) is 18.9 Å². The van der Waals surface area contributed by atoms with Gasteiger partial charge in [-0.05, 0) is 34.9 Å². The number of aromatic nitrogens is 4. The number of non-ortho nitro benzene ring substituents is 1. The highest BCUT2D eigenvalue weighted by Crippen LogP contribution is 2.37. The number of thioether (sulfide) groups is 1. The third kappa shape index (κ3) is 4.14. The second kappa shape index (κ2) is 7.60. The van der Waals surface area contributed by atoms with Gasteiger partial charge >= 0.3 is 6.18 Å². The number of alkyl halides is 3. The fraction of sp³-hybridized carbons (Fsp3) is 0.533. The van der Waals surface area contributed by atoms with Gasteiger partial charge in [-0.2, -0.15) is 13.2 Å². The summed E-state index contributed by atoms with van der Waals surface area (Å²) in [6.45, 7) is 0. The van der Waals surface area contributed by atoms with Gasteiger partial charge in [0.25, 0.3) is 5.69 Å². The van der Waals surface area contributed by atoms with Crippen LogP contribution in [0.1, 0.15) is 49.3 Å². The molecule has 1 saturated carbocycles. The largest absolute Gasteiger partial charge is 0.416 e. The Morgan fingerprint density at radius 2 is 2.00 bits per heavy atom. The van der Waals surface area contributed by atoms with Crippen LogP contribution in [0.5, 0.6) is 0 Å². The first-order valence-corrected chi connectivity index (χ1v) is 9.10. The van der Waals surface area contributed by atoms with E-state index in [0.717, 1.165) is 62.1 Å². The number of nitro benzene ring substituents is 1. The van der Waals surface area contributed by atoms with Gasteiger partial charge in [-0.3, -0.25) is 10.1 Å². The average molecular weight is 387 g/mol. The topological polar surface area (TPSA) is 86.7 Å². The Bertz CT molecular complexity index is 790. The number of halogens is 3. The fourth-order valence-electron chi connectivity index (χ4n) is 3.07. The minimum atomic E-state index is -4.58. The molecular formula is C15H16F3N5O2S. The summed E-state index contributed by atoms with van der Waals surface area (Å²) in [5.41, 5.74) is -1.41. The SMILES string of the molecule is O=[N+]([O-])c1ccc(C(F)(F)F)c(CSc2nnnn2C2CCCCC2)c1. The number of hydrogen-bond donors (Lipinski definition) is 0. The van der Waals surface area contributed by atoms with Gasteiger partial charge in [0.1, 0.15) is 0 Å². The van der Waals surface area contributed by atoms with Crippen molar-refractivity contribution < 1.29 is 18.1 Å². The second-order valence-corrected chi connectivity index (χ2v) is 7.03. The number of rotatable bonds is 5. The van der Waals surface area contributed by atoms with E-state index in [4.69, 9.17) is 0 Å². The lowest BCUT2D eigenvalue weighted by atomic mass is 9.96. The van der Waals surface area contributed by atoms with Crippen molar-refractivity contribution in [3.63, 3.8) is 0 Å². The van der Waals surface area contributed by atoms with E-state index in [-0.39, 0.29) is 23.0 Å². The Kier molecular flexibility index (Phi) is 5.44. The minimum Gasteiger partial charge on any atom is -0.258 e. The molecule has 0 N–H and O–H groups in total. The Morgan fingerprint density at radius 1 is 1.27 bits per heavy atom. The van der Waals surface area contributed by atoms with E-state index in [1.807, 2.05) is 0 Å². The van der Waals surface area contributed by atoms with E-state index in [1.54, 1.807) is 4.68 Å². The molecule has 1 aliphatic carbocycles. The molecule has 1 aliphatic rings. The first-order chi connectivity index (χ1) is 12.4. The van der Waals surface area contributed by atoms with Crippen molar-refractivity contribution in [1.82, 2.24) is 20.2 Å². The number of benzene rings is 1. The minimum absolute atomic E-state index is 0.108. The van der Waals surface area contributed by atoms with Gasteiger partial charge in [-0.25, -0.2) is 4.68 Å². The zero-order chi connectivity index (χ0) is 18.7. The van der Waals surface area contributed by atoms with Crippen molar-refractivity contribution in [3.05, 3.63) is 39.4 Å². The van der Waals surface area contributed by atoms with Crippen molar-refractivity contribution in [2.45, 2.75) is 55.2 Å². The van der Waals surface area contributed by atoms with Gasteiger partial charge < -0.3 is 0 Å². The molecule has 2 aromatic rings. The quantitative estimate of drug-likeness (QED) is 0.429. The third-order valence-corrected chi connectivity index (χ3v) is 5.33. The molecule has 1 aromatic carbocycles. The molecule has 0 radical (unpaired) electrons. The summed E-state index contributed by atoms with van der Waals surface area (Å²) < 4.78 is 41.2. The lowest BCUT2D eigenvalue weighted by Crippen LogP contribution is -2.15. The maximum absolute atomic E-state index is 13.2. The van der Waals surface area contributed by atoms with Crippen molar-refractivity contribution in [1.29, 1.82) is 0 Å². The normalized spacial score (nSPS) is 16.0. The van der Waals surface area contributed by atoms with Crippen molar-refractivity contribution in [2.24, 2.45) is 0 Å². The molecule has 0 aliphatic heterocycles. The molecule has 11 heteroatoms. The van der Waals surface area contributed by atoms with E-state index in [9.17, 15) is 23.3 Å². The highest BCUT2D eigenvalue weighted by Gasteiger charge is 2.34. The number of nitrogens with zero attached hydrogens (tertiary/aromatic N) is 5. The van der Waals surface area contributed by atoms with Gasteiger partial charge in [0.2, 0.25) is 5.16 Å². The highest BCUT2D eigenvalue weighted by molar-refractivity contribution is 7.98. The molecule has 0 unspecified atom stereocenters. The molecule has 3 rings (SSSR count). The fourth-order valence-corrected chi connectivity index (χ4v) is 4.00. The molecule has 0 saturated heterocycles. The van der Waals surface area contributed by atoms with E-state index in [1.165, 1.54) is 0 Å². The summed E-state index contributed by atoms with van der Waals surface area (Å²) in [6, 6.07) is 2.72. The summed E-state index contributed by atoms with van der Waals surface area (Å²) in [6.07, 6.45) is 0.575. The van der Waals surface area contributed by atoms with Crippen molar-refractivity contribution in [2.75, 3.05) is 0 Å². The van der Waals surface area contributed by atoms with Gasteiger partial charge in [-0.15, -0.1) is 5.10 Å². The van der Waals surface area contributed by atoms with E-state index in [0.29, 0.717) is 5.16 Å². The Morgan fingerprint density at radius 3 is 2.65 bits per heavy atom. The molecule has 1 aromatic heterocycles. The van der Waals surface area contributed by atoms with Crippen LogP contribution in [0.3, 0.4) is 0 Å². The number of tetrazole rings is 1. The molecule has 1 heterocycles. The van der Waals surface area contributed by atoms with Crippen LogP contribution >= 0.6 is 11.8 Å². The zero-order valence-electron chi connectivity index (χ0n) is 13.6. The van der Waals surface area contributed by atoms with Crippen LogP contribution < -0.4 is 0 Å². The van der Waals surface area contributed by atoms with Crippen LogP contribution in [0.2, 0.25) is 0 Å². The molecule has 140 valence electrons. The Balaban J connectivity index is 1.82. The van der Waals surface area contributed by atoms with E-state index in [2.05, 4.69) is 15.5 Å². The van der Waals surface area contributed by atoms with Crippen LogP contribution in [0.15, 0.2) is 23.4 Å². The molecule has 26 heavy (non-hydrogen) atoms. The molecule has 0 spiro atoms. The lowest BCUT2D eigenvalue weighted by Gasteiger charge is -2.22. The standard InChI is InChI=1S/C15H16F3N5O2S/c16-15(17,18)13-7-6-12(23(24)25)8-10(13)9-26-14-19-20-21-22(14)11-4-2-1-3-5-11/h6-8,11H,1-5,9H2. The summed E-state index contributed by atoms with van der Waals surface area (Å²) in [5.74, 6) is -0.108. The summed E-state index contributed by atoms with van der Waals surface area (Å²) in [7, 11) is 0. The average Bonchev–Trinajstić information content (AvgIpc) is 3.08. The third-order valence-electron chi connectivity index (χ3n) is 4.34. The smallest absolute Gasteiger partial charge is 0.258 e. The monoisotopic (exact) mass is 387 g/mol. The Hall–Kier alpha value is -2.17. The van der Waals surface area contributed by atoms with Gasteiger partial charge in [-0.1, -0.05) is 31.0 Å². The van der Waals surface area contributed by atoms with Crippen LogP contribution in [-0.2, 0) is 11.9 Å². The maximum Gasteiger partial charge on any atom is 0.416 e. The van der Waals surface area contributed by atoms with Gasteiger partial charge in [0.05, 0.1) is 16.5 Å². The van der Waals surface area contributed by atoms with Crippen LogP contribution in [0.25, 0.3) is 0 Å². The first kappa shape index (κ1) is 18.6. The second-order valence-electron chi connectivity index (χ2n) is 6.08. The molecule has 0 bridgehead atoms.